The number of rotatable bonds is 6. The minimum Gasteiger partial charge on any atom is -0.501 e. The molecule has 5 heteroatoms. The van der Waals surface area contributed by atoms with E-state index in [4.69, 9.17) is 9.40 Å². The summed E-state index contributed by atoms with van der Waals surface area (Å²) in [5.74, 6) is 8.46. The molecule has 0 amide bonds. The smallest absolute Gasteiger partial charge is 0.120 e. The molecule has 6 rings (SSSR count). The third-order valence-electron chi connectivity index (χ3n) is 7.46. The van der Waals surface area contributed by atoms with Gasteiger partial charge >= 0.3 is 126 Å². The molecule has 0 bridgehead atoms. The molecule has 3 nitrogen and oxygen atoms in total. The van der Waals surface area contributed by atoms with Crippen LogP contribution in [0.2, 0.25) is 17.3 Å². The molecule has 0 aliphatic carbocycles. The van der Waals surface area contributed by atoms with Crippen molar-refractivity contribution in [3.05, 3.63) is 115 Å². The summed E-state index contributed by atoms with van der Waals surface area (Å²) >= 11 is -1.86. The Bertz CT molecular complexity index is 1800. The quantitative estimate of drug-likeness (QED) is 0.124. The Hall–Kier alpha value is -3.05. The van der Waals surface area contributed by atoms with E-state index in [-0.39, 0.29) is 20.1 Å². The molecule has 223 valence electrons. The molecule has 3 heterocycles. The van der Waals surface area contributed by atoms with Gasteiger partial charge in [0.2, 0.25) is 0 Å². The van der Waals surface area contributed by atoms with E-state index >= 15 is 0 Å². The average molecular weight is 806 g/mol. The van der Waals surface area contributed by atoms with E-state index < -0.39 is 13.3 Å². The molecule has 0 aliphatic heterocycles. The Balaban J connectivity index is 0.000000194. The van der Waals surface area contributed by atoms with E-state index in [1.807, 2.05) is 48.7 Å². The minimum absolute atomic E-state index is 0. The largest absolute Gasteiger partial charge is 0.501 e. The van der Waals surface area contributed by atoms with E-state index in [0.717, 1.165) is 50.9 Å². The first-order valence-electron chi connectivity index (χ1n) is 14.9. The van der Waals surface area contributed by atoms with Gasteiger partial charge in [-0.05, 0) is 23.7 Å². The van der Waals surface area contributed by atoms with Crippen LogP contribution in [-0.2, 0) is 26.5 Å². The summed E-state index contributed by atoms with van der Waals surface area (Å²) < 4.78 is 7.61. The maximum absolute atomic E-state index is 6.07. The number of furan rings is 1. The minimum atomic E-state index is -1.86. The third-order valence-corrected chi connectivity index (χ3v) is 11.8. The van der Waals surface area contributed by atoms with Crippen molar-refractivity contribution in [2.24, 2.45) is 5.92 Å². The third kappa shape index (κ3) is 7.73. The number of hydrogen-bond donors (Lipinski definition) is 0. The SMILES string of the molecule is CC(C)Cc1cc(-c2[c-]cccc2)nc[c]1[Ge]([CH3])([CH3])[CH3].CC(C)c1ccnc(-c2[c-]ccc3c2oc2ccccc23)c1.[Ir]. The Morgan fingerprint density at radius 2 is 1.56 bits per heavy atom. The number of fused-ring (bicyclic) bond motifs is 3. The van der Waals surface area contributed by atoms with Crippen LogP contribution >= 0.6 is 0 Å². The molecule has 0 fully saturated rings. The molecule has 0 N–H and O–H groups in total. The summed E-state index contributed by atoms with van der Waals surface area (Å²) in [6.45, 7) is 8.94. The van der Waals surface area contributed by atoms with E-state index in [9.17, 15) is 0 Å². The van der Waals surface area contributed by atoms with Crippen LogP contribution < -0.4 is 4.40 Å². The summed E-state index contributed by atoms with van der Waals surface area (Å²) in [5.41, 5.74) is 8.51. The summed E-state index contributed by atoms with van der Waals surface area (Å²) in [6.07, 6.45) is 5.13. The van der Waals surface area contributed by atoms with Gasteiger partial charge in [0, 0.05) is 31.7 Å². The number of para-hydroxylation sites is 1. The fourth-order valence-electron chi connectivity index (χ4n) is 5.30. The van der Waals surface area contributed by atoms with Crippen LogP contribution in [0.4, 0.5) is 0 Å². The summed E-state index contributed by atoms with van der Waals surface area (Å²) in [4.78, 5) is 9.22. The van der Waals surface area contributed by atoms with Gasteiger partial charge in [-0.25, -0.2) is 0 Å². The van der Waals surface area contributed by atoms with Gasteiger partial charge < -0.3 is 9.40 Å². The van der Waals surface area contributed by atoms with Crippen molar-refractivity contribution in [3.63, 3.8) is 0 Å². The van der Waals surface area contributed by atoms with Crippen molar-refractivity contribution >= 4 is 39.6 Å². The topological polar surface area (TPSA) is 38.9 Å². The standard InChI is InChI=1S/C20H16NO.C18H24GeN.Ir/c1-13(2)14-10-11-21-18(12-14)17-8-5-7-16-15-6-3-4-9-19(15)22-20(16)17;1-14(2)11-16-12-18(15-9-7-6-8-10-15)20-13-17(16)19(3,4)5;/h3-7,9-13H,1-2H3;6-9,12-14H,11H2,1-5H3;/q2*-1;. The first-order chi connectivity index (χ1) is 20.1. The van der Waals surface area contributed by atoms with Gasteiger partial charge in [0.15, 0.2) is 0 Å². The summed E-state index contributed by atoms with van der Waals surface area (Å²) in [7, 11) is 0. The van der Waals surface area contributed by atoms with Crippen LogP contribution in [0, 0.1) is 18.1 Å². The molecular formula is C38H40GeIrN2O-2. The summed E-state index contributed by atoms with van der Waals surface area (Å²) in [5, 5.41) is 2.24. The molecule has 0 saturated heterocycles. The normalized spacial score (nSPS) is 11.5. The zero-order valence-corrected chi connectivity index (χ0v) is 30.7. The number of nitrogens with zero attached hydrogens (tertiary/aromatic N) is 2. The molecule has 0 atom stereocenters. The second-order valence-electron chi connectivity index (χ2n) is 12.7. The molecule has 43 heavy (non-hydrogen) atoms. The monoisotopic (exact) mass is 807 g/mol. The molecule has 3 aromatic heterocycles. The van der Waals surface area contributed by atoms with Gasteiger partial charge in [-0.15, -0.1) is 18.2 Å². The Morgan fingerprint density at radius 1 is 0.791 bits per heavy atom. The first kappa shape index (κ1) is 32.9. The maximum Gasteiger partial charge on any atom is 0.120 e. The number of pyridine rings is 2. The number of benzene rings is 3. The molecular weight excluding hydrogens is 765 g/mol. The van der Waals surface area contributed by atoms with Crippen LogP contribution in [0.3, 0.4) is 0 Å². The van der Waals surface area contributed by atoms with Gasteiger partial charge in [0.1, 0.15) is 5.58 Å². The molecule has 0 spiro atoms. The van der Waals surface area contributed by atoms with Crippen LogP contribution in [0.15, 0.2) is 95.7 Å². The Labute approximate surface area is 272 Å². The predicted molar refractivity (Wildman–Crippen MR) is 180 cm³/mol. The van der Waals surface area contributed by atoms with Crippen molar-refractivity contribution in [3.8, 4) is 22.5 Å². The molecule has 6 aromatic rings. The van der Waals surface area contributed by atoms with Gasteiger partial charge in [-0.3, -0.25) is 0 Å². The summed E-state index contributed by atoms with van der Waals surface area (Å²) in [6, 6.07) is 33.2. The van der Waals surface area contributed by atoms with Crippen molar-refractivity contribution < 1.29 is 24.5 Å². The first-order valence-corrected chi connectivity index (χ1v) is 22.2. The molecule has 3 aromatic carbocycles. The van der Waals surface area contributed by atoms with Gasteiger partial charge in [0.25, 0.3) is 0 Å². The fraction of sp³-hybridized carbons (Fsp3) is 0.263. The van der Waals surface area contributed by atoms with Crippen molar-refractivity contribution in [2.45, 2.75) is 57.3 Å². The molecule has 1 radical (unpaired) electrons. The van der Waals surface area contributed by atoms with Crippen LogP contribution in [0.5, 0.6) is 0 Å². The Morgan fingerprint density at radius 3 is 2.26 bits per heavy atom. The predicted octanol–water partition coefficient (Wildman–Crippen LogP) is 9.86. The molecule has 0 saturated carbocycles. The van der Waals surface area contributed by atoms with Crippen molar-refractivity contribution in [1.82, 2.24) is 9.97 Å². The molecule has 0 aliphatic rings. The average Bonchev–Trinajstić information content (AvgIpc) is 3.36. The zero-order chi connectivity index (χ0) is 29.9. The zero-order valence-electron chi connectivity index (χ0n) is 26.2. The van der Waals surface area contributed by atoms with Crippen LogP contribution in [0.25, 0.3) is 44.5 Å². The maximum atomic E-state index is 6.07. The number of aromatic nitrogens is 2. The van der Waals surface area contributed by atoms with Crippen molar-refractivity contribution in [1.29, 1.82) is 0 Å². The van der Waals surface area contributed by atoms with E-state index in [2.05, 4.69) is 105 Å². The fourth-order valence-corrected chi connectivity index (χ4v) is 8.64. The van der Waals surface area contributed by atoms with E-state index in [1.54, 1.807) is 4.40 Å². The number of hydrogen-bond acceptors (Lipinski definition) is 3. The van der Waals surface area contributed by atoms with Crippen LogP contribution in [-0.4, -0.2) is 23.2 Å². The van der Waals surface area contributed by atoms with Crippen LogP contribution in [0.1, 0.15) is 44.7 Å². The van der Waals surface area contributed by atoms with Gasteiger partial charge in [0.05, 0.1) is 5.58 Å². The van der Waals surface area contributed by atoms with Crippen molar-refractivity contribution in [2.75, 3.05) is 0 Å². The van der Waals surface area contributed by atoms with Gasteiger partial charge in [-0.2, -0.15) is 0 Å². The van der Waals surface area contributed by atoms with E-state index in [1.165, 1.54) is 11.1 Å². The Kier molecular flexibility index (Phi) is 10.8. The second-order valence-corrected chi connectivity index (χ2v) is 23.2. The van der Waals surface area contributed by atoms with Gasteiger partial charge in [-0.1, -0.05) is 54.6 Å². The van der Waals surface area contributed by atoms with E-state index in [0.29, 0.717) is 11.8 Å². The second kappa shape index (κ2) is 14.2. The molecule has 0 unspecified atom stereocenters.